The van der Waals surface area contributed by atoms with Gasteiger partial charge in [0.25, 0.3) is 0 Å². The number of likely N-dealkylation sites (N-methyl/N-ethyl adjacent to an activating group) is 1. The number of halogens is 4. The number of nitrogens with zero attached hydrogens (tertiary/aromatic N) is 6. The summed E-state index contributed by atoms with van der Waals surface area (Å²) in [5.74, 6) is 1.26. The van der Waals surface area contributed by atoms with E-state index >= 15 is 0 Å². The molecular formula is C28H38BrF3N6O3. The second kappa shape index (κ2) is 10.6. The predicted molar refractivity (Wildman–Crippen MR) is 155 cm³/mol. The van der Waals surface area contributed by atoms with Crippen molar-refractivity contribution in [1.29, 1.82) is 0 Å². The van der Waals surface area contributed by atoms with Crippen molar-refractivity contribution >= 4 is 44.7 Å². The Morgan fingerprint density at radius 1 is 1.12 bits per heavy atom. The number of carbonyl (C=O) groups excluding carboxylic acids is 1. The van der Waals surface area contributed by atoms with Crippen LogP contribution in [0.3, 0.4) is 0 Å². The van der Waals surface area contributed by atoms with Gasteiger partial charge in [-0.3, -0.25) is 0 Å². The average molecular weight is 644 g/mol. The summed E-state index contributed by atoms with van der Waals surface area (Å²) >= 11 is 3.45. The molecule has 3 saturated heterocycles. The van der Waals surface area contributed by atoms with Crippen molar-refractivity contribution in [3.05, 3.63) is 16.1 Å². The van der Waals surface area contributed by atoms with Crippen LogP contribution in [0.15, 0.2) is 10.5 Å². The van der Waals surface area contributed by atoms with Crippen LogP contribution >= 0.6 is 15.9 Å². The summed E-state index contributed by atoms with van der Waals surface area (Å²) in [6, 6.07) is 2.26. The Labute approximate surface area is 247 Å². The zero-order valence-corrected chi connectivity index (χ0v) is 26.0. The zero-order valence-electron chi connectivity index (χ0n) is 24.4. The van der Waals surface area contributed by atoms with E-state index in [0.29, 0.717) is 59.4 Å². The van der Waals surface area contributed by atoms with Crippen molar-refractivity contribution in [2.45, 2.75) is 58.4 Å². The van der Waals surface area contributed by atoms with E-state index in [-0.39, 0.29) is 17.3 Å². The standard InChI is InChI=1S/C28H38BrF3N6O3/c1-17-11-19-21(22(20(17)29)40-16-28(30,31)32)33-24(37-12-18(13-37)35(5)6)34-23(19)36-9-7-27(8-10-36)14-38(15-27)25(39)41-26(2,3)4/h11,18H,7-10,12-16H2,1-6H3. The number of piperidine rings is 1. The van der Waals surface area contributed by atoms with Gasteiger partial charge in [0.2, 0.25) is 5.95 Å². The van der Waals surface area contributed by atoms with Crippen molar-refractivity contribution in [3.63, 3.8) is 0 Å². The van der Waals surface area contributed by atoms with E-state index < -0.39 is 18.4 Å². The molecule has 1 aromatic heterocycles. The van der Waals surface area contributed by atoms with Gasteiger partial charge < -0.3 is 29.1 Å². The van der Waals surface area contributed by atoms with Gasteiger partial charge in [-0.15, -0.1) is 0 Å². The topological polar surface area (TPSA) is 74.3 Å². The lowest BCUT2D eigenvalue weighted by molar-refractivity contribution is -0.153. The first-order valence-electron chi connectivity index (χ1n) is 13.9. The third-order valence-corrected chi connectivity index (χ3v) is 9.10. The van der Waals surface area contributed by atoms with Gasteiger partial charge in [-0.25, -0.2) is 9.78 Å². The number of carbonyl (C=O) groups is 1. The largest absolute Gasteiger partial charge is 0.481 e. The number of ether oxygens (including phenoxy) is 2. The highest BCUT2D eigenvalue weighted by Gasteiger charge is 2.48. The van der Waals surface area contributed by atoms with Crippen LogP contribution in [0, 0.1) is 12.3 Å². The molecule has 3 aliphatic rings. The Morgan fingerprint density at radius 3 is 2.32 bits per heavy atom. The Balaban J connectivity index is 1.42. The van der Waals surface area contributed by atoms with Crippen LogP contribution in [-0.2, 0) is 4.74 Å². The Hall–Kier alpha value is -2.54. The molecule has 3 fully saturated rings. The number of hydrogen-bond donors (Lipinski definition) is 0. The number of rotatable bonds is 5. The Bertz CT molecular complexity index is 1310. The van der Waals surface area contributed by atoms with Crippen molar-refractivity contribution in [2.75, 3.05) is 69.8 Å². The van der Waals surface area contributed by atoms with E-state index in [1.165, 1.54) is 0 Å². The van der Waals surface area contributed by atoms with E-state index in [9.17, 15) is 18.0 Å². The monoisotopic (exact) mass is 642 g/mol. The Kier molecular flexibility index (Phi) is 7.76. The second-order valence-electron chi connectivity index (χ2n) is 12.8. The van der Waals surface area contributed by atoms with Gasteiger partial charge in [-0.05, 0) is 82.2 Å². The third kappa shape index (κ3) is 6.30. The molecule has 1 amide bonds. The second-order valence-corrected chi connectivity index (χ2v) is 13.6. The van der Waals surface area contributed by atoms with Crippen LogP contribution in [0.4, 0.5) is 29.7 Å². The third-order valence-electron chi connectivity index (χ3n) is 8.12. The summed E-state index contributed by atoms with van der Waals surface area (Å²) in [5, 5.41) is 0.663. The first-order chi connectivity index (χ1) is 19.0. The summed E-state index contributed by atoms with van der Waals surface area (Å²) in [5.41, 5.74) is 0.604. The van der Waals surface area contributed by atoms with E-state index in [2.05, 4.69) is 25.7 Å². The molecule has 2 aromatic rings. The molecule has 0 aliphatic carbocycles. The first-order valence-corrected chi connectivity index (χ1v) is 14.7. The van der Waals surface area contributed by atoms with Crippen LogP contribution in [0.1, 0.15) is 39.2 Å². The number of likely N-dealkylation sites (tertiary alicyclic amines) is 1. The summed E-state index contributed by atoms with van der Waals surface area (Å²) in [4.78, 5) is 30.4. The molecule has 0 atom stereocenters. The molecule has 0 radical (unpaired) electrons. The molecule has 41 heavy (non-hydrogen) atoms. The molecule has 1 aromatic carbocycles. The van der Waals surface area contributed by atoms with Gasteiger partial charge in [-0.2, -0.15) is 18.2 Å². The maximum absolute atomic E-state index is 13.2. The number of benzene rings is 1. The minimum absolute atomic E-state index is 0.0371. The number of aromatic nitrogens is 2. The molecule has 0 saturated carbocycles. The molecule has 0 unspecified atom stereocenters. The summed E-state index contributed by atoms with van der Waals surface area (Å²) in [7, 11) is 4.04. The fraction of sp³-hybridized carbons (Fsp3) is 0.679. The number of fused-ring (bicyclic) bond motifs is 1. The molecule has 1 spiro atoms. The zero-order chi connectivity index (χ0) is 29.9. The van der Waals surface area contributed by atoms with Gasteiger partial charge in [0.05, 0.1) is 4.47 Å². The van der Waals surface area contributed by atoms with Crippen LogP contribution < -0.4 is 14.5 Å². The lowest BCUT2D eigenvalue weighted by Gasteiger charge is -2.53. The smallest absolute Gasteiger partial charge is 0.422 e. The average Bonchev–Trinajstić information content (AvgIpc) is 2.80. The summed E-state index contributed by atoms with van der Waals surface area (Å²) < 4.78 is 50.9. The maximum Gasteiger partial charge on any atom is 0.422 e. The molecule has 4 heterocycles. The fourth-order valence-corrected chi connectivity index (χ4v) is 6.07. The van der Waals surface area contributed by atoms with Crippen LogP contribution in [0.5, 0.6) is 5.75 Å². The van der Waals surface area contributed by atoms with Gasteiger partial charge in [0.1, 0.15) is 16.9 Å². The lowest BCUT2D eigenvalue weighted by atomic mass is 9.72. The number of aryl methyl sites for hydroxylation is 1. The van der Waals surface area contributed by atoms with Gasteiger partial charge in [-0.1, -0.05) is 0 Å². The minimum Gasteiger partial charge on any atom is -0.481 e. The number of alkyl halides is 3. The van der Waals surface area contributed by atoms with E-state index in [1.807, 2.05) is 52.8 Å². The van der Waals surface area contributed by atoms with Crippen molar-refractivity contribution < 1.29 is 27.4 Å². The lowest BCUT2D eigenvalue weighted by Crippen LogP contribution is -2.62. The van der Waals surface area contributed by atoms with Crippen molar-refractivity contribution in [3.8, 4) is 5.75 Å². The predicted octanol–water partition coefficient (Wildman–Crippen LogP) is 5.23. The number of anilines is 2. The fourth-order valence-electron chi connectivity index (χ4n) is 5.66. The van der Waals surface area contributed by atoms with Crippen LogP contribution in [-0.4, -0.2) is 104 Å². The molecule has 226 valence electrons. The van der Waals surface area contributed by atoms with Crippen LogP contribution in [0.2, 0.25) is 0 Å². The summed E-state index contributed by atoms with van der Waals surface area (Å²) in [6.07, 6.45) is -3.03. The van der Waals surface area contributed by atoms with E-state index in [1.54, 1.807) is 4.90 Å². The van der Waals surface area contributed by atoms with Crippen molar-refractivity contribution in [1.82, 2.24) is 19.8 Å². The molecule has 3 aliphatic heterocycles. The van der Waals surface area contributed by atoms with E-state index in [0.717, 1.165) is 31.5 Å². The normalized spacial score (nSPS) is 19.5. The van der Waals surface area contributed by atoms with Gasteiger partial charge in [0.15, 0.2) is 12.4 Å². The van der Waals surface area contributed by atoms with Crippen molar-refractivity contribution in [2.24, 2.45) is 5.41 Å². The maximum atomic E-state index is 13.2. The minimum atomic E-state index is -4.48. The summed E-state index contributed by atoms with van der Waals surface area (Å²) in [6.45, 7) is 10.2. The highest BCUT2D eigenvalue weighted by atomic mass is 79.9. The number of hydrogen-bond acceptors (Lipinski definition) is 8. The van der Waals surface area contributed by atoms with Gasteiger partial charge in [0, 0.05) is 56.1 Å². The molecular weight excluding hydrogens is 605 g/mol. The first kappa shape index (κ1) is 29.9. The van der Waals surface area contributed by atoms with Gasteiger partial charge >= 0.3 is 12.3 Å². The molecule has 5 rings (SSSR count). The van der Waals surface area contributed by atoms with Crippen LogP contribution in [0.25, 0.3) is 10.9 Å². The van der Waals surface area contributed by atoms with E-state index in [4.69, 9.17) is 19.4 Å². The highest BCUT2D eigenvalue weighted by Crippen LogP contribution is 2.45. The Morgan fingerprint density at radius 2 is 1.76 bits per heavy atom. The quantitative estimate of drug-likeness (QED) is 0.439. The molecule has 0 N–H and O–H groups in total. The highest BCUT2D eigenvalue weighted by molar-refractivity contribution is 9.10. The molecule has 0 bridgehead atoms. The SMILES string of the molecule is Cc1cc2c(N3CCC4(CC3)CN(C(=O)OC(C)(C)C)C4)nc(N3CC(N(C)C)C3)nc2c(OCC(F)(F)F)c1Br. The number of amides is 1. The molecule has 9 nitrogen and oxygen atoms in total. The molecule has 13 heteroatoms.